The van der Waals surface area contributed by atoms with Gasteiger partial charge in [0.05, 0.1) is 17.9 Å². The lowest BCUT2D eigenvalue weighted by atomic mass is 9.70. The van der Waals surface area contributed by atoms with Crippen molar-refractivity contribution in [2.75, 3.05) is 20.3 Å². The SMILES string of the molecule is COC(=O)C(C)(C)CC(C)(CCC(C)c1ccccc1)C(=O)OCCOc1ccc(-c2nccn2-c2ccccc2C)cc1. The number of ether oxygens (including phenoxy) is 3. The lowest BCUT2D eigenvalue weighted by Crippen LogP contribution is -2.39. The third kappa shape index (κ3) is 7.95. The summed E-state index contributed by atoms with van der Waals surface area (Å²) in [5, 5.41) is 0. The molecular formula is C37H44N2O5. The van der Waals surface area contributed by atoms with Gasteiger partial charge in [0, 0.05) is 23.6 Å². The second-order valence-electron chi connectivity index (χ2n) is 12.4. The average molecular weight is 597 g/mol. The van der Waals surface area contributed by atoms with Crippen LogP contribution in [0.15, 0.2) is 91.3 Å². The summed E-state index contributed by atoms with van der Waals surface area (Å²) in [6, 6.07) is 26.2. The molecule has 0 fully saturated rings. The molecule has 3 aromatic carbocycles. The summed E-state index contributed by atoms with van der Waals surface area (Å²) < 4.78 is 18.8. The van der Waals surface area contributed by atoms with Crippen LogP contribution in [0.25, 0.3) is 17.1 Å². The lowest BCUT2D eigenvalue weighted by Gasteiger charge is -2.35. The quantitative estimate of drug-likeness (QED) is 0.109. The van der Waals surface area contributed by atoms with E-state index in [4.69, 9.17) is 14.2 Å². The normalized spacial score (nSPS) is 13.5. The van der Waals surface area contributed by atoms with Gasteiger partial charge in [-0.25, -0.2) is 4.98 Å². The highest BCUT2D eigenvalue weighted by Gasteiger charge is 2.43. The Labute approximate surface area is 261 Å². The molecule has 232 valence electrons. The molecule has 44 heavy (non-hydrogen) atoms. The highest BCUT2D eigenvalue weighted by atomic mass is 16.6. The van der Waals surface area contributed by atoms with Crippen LogP contribution < -0.4 is 4.74 Å². The highest BCUT2D eigenvalue weighted by molar-refractivity contribution is 5.80. The van der Waals surface area contributed by atoms with Crippen LogP contribution in [0.4, 0.5) is 0 Å². The van der Waals surface area contributed by atoms with Crippen molar-refractivity contribution in [2.45, 2.75) is 59.8 Å². The summed E-state index contributed by atoms with van der Waals surface area (Å²) in [5.41, 5.74) is 2.71. The molecule has 0 spiro atoms. The molecule has 1 aromatic heterocycles. The number of hydrogen-bond donors (Lipinski definition) is 0. The summed E-state index contributed by atoms with van der Waals surface area (Å²) in [7, 11) is 1.37. The Hall–Kier alpha value is -4.39. The second-order valence-corrected chi connectivity index (χ2v) is 12.4. The van der Waals surface area contributed by atoms with Crippen LogP contribution in [-0.4, -0.2) is 41.8 Å². The molecule has 4 rings (SSSR count). The van der Waals surface area contributed by atoms with Gasteiger partial charge in [-0.15, -0.1) is 0 Å². The zero-order valence-corrected chi connectivity index (χ0v) is 26.7. The smallest absolute Gasteiger partial charge is 0.311 e. The second kappa shape index (κ2) is 14.4. The molecular weight excluding hydrogens is 552 g/mol. The van der Waals surface area contributed by atoms with Crippen LogP contribution in [0.3, 0.4) is 0 Å². The number of para-hydroxylation sites is 1. The summed E-state index contributed by atoms with van der Waals surface area (Å²) in [6.07, 6.45) is 5.41. The number of nitrogens with zero attached hydrogens (tertiary/aromatic N) is 2. The monoisotopic (exact) mass is 596 g/mol. The van der Waals surface area contributed by atoms with Crippen molar-refractivity contribution < 1.29 is 23.8 Å². The van der Waals surface area contributed by atoms with Crippen molar-refractivity contribution in [2.24, 2.45) is 10.8 Å². The average Bonchev–Trinajstić information content (AvgIpc) is 3.52. The van der Waals surface area contributed by atoms with Gasteiger partial charge in [0.25, 0.3) is 0 Å². The number of aryl methyl sites for hydroxylation is 1. The maximum atomic E-state index is 13.5. The lowest BCUT2D eigenvalue weighted by molar-refractivity contribution is -0.162. The molecule has 4 aromatic rings. The van der Waals surface area contributed by atoms with Crippen LogP contribution >= 0.6 is 0 Å². The number of hydrogen-bond acceptors (Lipinski definition) is 6. The summed E-state index contributed by atoms with van der Waals surface area (Å²) in [5.74, 6) is 1.09. The van der Waals surface area contributed by atoms with Gasteiger partial charge in [0.2, 0.25) is 0 Å². The van der Waals surface area contributed by atoms with Crippen molar-refractivity contribution in [1.82, 2.24) is 9.55 Å². The Morgan fingerprint density at radius 3 is 2.25 bits per heavy atom. The minimum Gasteiger partial charge on any atom is -0.490 e. The van der Waals surface area contributed by atoms with E-state index in [2.05, 4.69) is 47.7 Å². The Morgan fingerprint density at radius 1 is 0.886 bits per heavy atom. The number of benzene rings is 3. The molecule has 0 saturated heterocycles. The van der Waals surface area contributed by atoms with Gasteiger partial charge in [-0.3, -0.25) is 14.2 Å². The van der Waals surface area contributed by atoms with E-state index in [0.717, 1.165) is 29.1 Å². The third-order valence-electron chi connectivity index (χ3n) is 8.27. The fraction of sp³-hybridized carbons (Fsp3) is 0.378. The molecule has 0 aliphatic rings. The molecule has 7 heteroatoms. The van der Waals surface area contributed by atoms with Gasteiger partial charge in [-0.05, 0) is 94.3 Å². The predicted molar refractivity (Wildman–Crippen MR) is 173 cm³/mol. The molecule has 0 N–H and O–H groups in total. The van der Waals surface area contributed by atoms with Crippen molar-refractivity contribution in [3.63, 3.8) is 0 Å². The van der Waals surface area contributed by atoms with E-state index in [0.29, 0.717) is 18.6 Å². The van der Waals surface area contributed by atoms with Gasteiger partial charge in [0.15, 0.2) is 0 Å². The van der Waals surface area contributed by atoms with Gasteiger partial charge in [-0.2, -0.15) is 0 Å². The zero-order valence-electron chi connectivity index (χ0n) is 26.7. The molecule has 2 atom stereocenters. The zero-order chi connectivity index (χ0) is 31.7. The number of carbonyl (C=O) groups excluding carboxylic acids is 2. The molecule has 0 aliphatic heterocycles. The topological polar surface area (TPSA) is 79.7 Å². The summed E-state index contributed by atoms with van der Waals surface area (Å²) >= 11 is 0. The van der Waals surface area contributed by atoms with Crippen molar-refractivity contribution in [3.8, 4) is 22.8 Å². The van der Waals surface area contributed by atoms with Gasteiger partial charge >= 0.3 is 11.9 Å². The number of esters is 2. The van der Waals surface area contributed by atoms with E-state index in [1.165, 1.54) is 12.7 Å². The standard InChI is InChI=1S/C37H44N2O5/c1-27(29-13-8-7-9-14-29)20-21-37(5,26-36(3,4)34(40)42-6)35(41)44-25-24-43-31-18-16-30(17-19-31)33-38-22-23-39(33)32-15-11-10-12-28(32)2/h7-19,22-23,27H,20-21,24-26H2,1-6H3. The maximum absolute atomic E-state index is 13.5. The number of carbonyl (C=O) groups is 2. The first-order chi connectivity index (χ1) is 21.0. The molecule has 7 nitrogen and oxygen atoms in total. The molecule has 0 radical (unpaired) electrons. The summed E-state index contributed by atoms with van der Waals surface area (Å²) in [6.45, 7) is 10.0. The van der Waals surface area contributed by atoms with Crippen LogP contribution in [0.2, 0.25) is 0 Å². The van der Waals surface area contributed by atoms with Crippen LogP contribution in [0.5, 0.6) is 5.75 Å². The molecule has 0 amide bonds. The van der Waals surface area contributed by atoms with Crippen LogP contribution in [-0.2, 0) is 19.1 Å². The number of methoxy groups -OCH3 is 1. The first-order valence-corrected chi connectivity index (χ1v) is 15.2. The van der Waals surface area contributed by atoms with E-state index in [1.54, 1.807) is 6.20 Å². The fourth-order valence-corrected chi connectivity index (χ4v) is 5.78. The van der Waals surface area contributed by atoms with Gasteiger partial charge in [-0.1, -0.05) is 55.5 Å². The number of aromatic nitrogens is 2. The largest absolute Gasteiger partial charge is 0.490 e. The maximum Gasteiger partial charge on any atom is 0.311 e. The molecule has 1 heterocycles. The first-order valence-electron chi connectivity index (χ1n) is 15.2. The minimum atomic E-state index is -0.874. The van der Waals surface area contributed by atoms with Gasteiger partial charge in [0.1, 0.15) is 24.8 Å². The van der Waals surface area contributed by atoms with Gasteiger partial charge < -0.3 is 14.2 Å². The fourth-order valence-electron chi connectivity index (χ4n) is 5.78. The molecule has 0 saturated carbocycles. The first kappa shape index (κ1) is 32.5. The van der Waals surface area contributed by atoms with Crippen LogP contribution in [0, 0.1) is 17.8 Å². The summed E-state index contributed by atoms with van der Waals surface area (Å²) in [4.78, 5) is 30.6. The van der Waals surface area contributed by atoms with E-state index in [-0.39, 0.29) is 31.1 Å². The Bertz CT molecular complexity index is 1530. The van der Waals surface area contributed by atoms with E-state index >= 15 is 0 Å². The van der Waals surface area contributed by atoms with Crippen LogP contribution in [0.1, 0.15) is 64.0 Å². The predicted octanol–water partition coefficient (Wildman–Crippen LogP) is 7.95. The van der Waals surface area contributed by atoms with E-state index in [9.17, 15) is 9.59 Å². The third-order valence-corrected chi connectivity index (χ3v) is 8.27. The molecule has 0 bridgehead atoms. The Morgan fingerprint density at radius 2 is 1.57 bits per heavy atom. The van der Waals surface area contributed by atoms with Crippen molar-refractivity contribution >= 4 is 11.9 Å². The Balaban J connectivity index is 1.36. The van der Waals surface area contributed by atoms with Crippen molar-refractivity contribution in [1.29, 1.82) is 0 Å². The minimum absolute atomic E-state index is 0.0980. The number of rotatable bonds is 14. The van der Waals surface area contributed by atoms with Crippen molar-refractivity contribution in [3.05, 3.63) is 102 Å². The van der Waals surface area contributed by atoms with E-state index in [1.807, 2.05) is 81.6 Å². The van der Waals surface area contributed by atoms with E-state index < -0.39 is 10.8 Å². The molecule has 0 aliphatic carbocycles. The highest BCUT2D eigenvalue weighted by Crippen LogP contribution is 2.41. The molecule has 2 unspecified atom stereocenters. The Kier molecular flexibility index (Phi) is 10.6. The number of imidazole rings is 1.